The summed E-state index contributed by atoms with van der Waals surface area (Å²) >= 11 is 0. The SMILES string of the molecule is CS(=O)(=O)OC[C@@H](OCc1ccccc1)[C@@H]1O[C@H](COCc2ccccc2)[C@@H](OCc2ccccc2)[C@H](OCc2ccccc2)[C@H]1OS(C)(=O)=O. The van der Waals surface area contributed by atoms with Crippen molar-refractivity contribution in [2.75, 3.05) is 25.7 Å². The van der Waals surface area contributed by atoms with Crippen LogP contribution in [0.5, 0.6) is 0 Å². The Balaban J connectivity index is 1.53. The zero-order chi connectivity index (χ0) is 36.1. The van der Waals surface area contributed by atoms with Crippen molar-refractivity contribution in [2.45, 2.75) is 63.1 Å². The molecule has 1 fully saturated rings. The van der Waals surface area contributed by atoms with Gasteiger partial charge < -0.3 is 23.7 Å². The molecule has 11 nitrogen and oxygen atoms in total. The van der Waals surface area contributed by atoms with Crippen LogP contribution in [0, 0.1) is 0 Å². The van der Waals surface area contributed by atoms with E-state index in [-0.39, 0.29) is 33.0 Å². The van der Waals surface area contributed by atoms with Gasteiger partial charge in [0.2, 0.25) is 0 Å². The van der Waals surface area contributed by atoms with E-state index in [0.29, 0.717) is 0 Å². The summed E-state index contributed by atoms with van der Waals surface area (Å²) in [6.07, 6.45) is -4.66. The van der Waals surface area contributed by atoms with Crippen LogP contribution >= 0.6 is 0 Å². The van der Waals surface area contributed by atoms with Crippen LogP contribution < -0.4 is 0 Å². The van der Waals surface area contributed by atoms with Crippen LogP contribution in [0.25, 0.3) is 0 Å². The van der Waals surface area contributed by atoms with E-state index in [1.807, 2.05) is 121 Å². The molecule has 0 N–H and O–H groups in total. The summed E-state index contributed by atoms with van der Waals surface area (Å²) in [7, 11) is -8.08. The largest absolute Gasteiger partial charge is 0.374 e. The standard InChI is InChI=1S/C38H44O11S2/c1-50(39,40)47-28-33(44-24-30-17-9-4-10-18-30)36-38(49-51(2,41)42)37(46-26-32-21-13-6-14-22-32)35(45-25-31-19-11-5-12-20-31)34(48-36)27-43-23-29-15-7-3-8-16-29/h3-22,33-38H,23-28H2,1-2H3/t33-,34-,35-,36+,37+,38+/m1/s1. The predicted octanol–water partition coefficient (Wildman–Crippen LogP) is 5.05. The molecule has 0 aliphatic carbocycles. The molecular formula is C38H44O11S2. The molecule has 0 saturated carbocycles. The van der Waals surface area contributed by atoms with E-state index in [9.17, 15) is 16.8 Å². The van der Waals surface area contributed by atoms with Gasteiger partial charge in [-0.15, -0.1) is 0 Å². The average Bonchev–Trinajstić information content (AvgIpc) is 3.12. The fourth-order valence-electron chi connectivity index (χ4n) is 5.69. The molecule has 0 aromatic heterocycles. The second-order valence-corrected chi connectivity index (χ2v) is 15.5. The third-order valence-corrected chi connectivity index (χ3v) is 9.18. The van der Waals surface area contributed by atoms with Crippen molar-refractivity contribution in [2.24, 2.45) is 0 Å². The normalized spacial score (nSPS) is 21.6. The Morgan fingerprint density at radius 3 is 1.49 bits per heavy atom. The lowest BCUT2D eigenvalue weighted by Gasteiger charge is -2.47. The third-order valence-electron chi connectivity index (χ3n) is 8.04. The minimum Gasteiger partial charge on any atom is -0.374 e. The molecule has 1 aliphatic heterocycles. The van der Waals surface area contributed by atoms with Crippen LogP contribution in [0.3, 0.4) is 0 Å². The van der Waals surface area contributed by atoms with Gasteiger partial charge in [0, 0.05) is 0 Å². The van der Waals surface area contributed by atoms with Crippen LogP contribution in [0.15, 0.2) is 121 Å². The monoisotopic (exact) mass is 740 g/mol. The highest BCUT2D eigenvalue weighted by molar-refractivity contribution is 7.86. The van der Waals surface area contributed by atoms with Gasteiger partial charge in [0.05, 0.1) is 52.2 Å². The molecule has 0 bridgehead atoms. The van der Waals surface area contributed by atoms with Gasteiger partial charge >= 0.3 is 0 Å². The molecule has 4 aromatic rings. The second-order valence-electron chi connectivity index (χ2n) is 12.3. The molecular weight excluding hydrogens is 697 g/mol. The van der Waals surface area contributed by atoms with Crippen molar-refractivity contribution >= 4 is 20.2 Å². The lowest BCUT2D eigenvalue weighted by atomic mass is 9.91. The molecule has 1 heterocycles. The van der Waals surface area contributed by atoms with Crippen LogP contribution in [0.2, 0.25) is 0 Å². The first kappa shape index (κ1) is 38.7. The third kappa shape index (κ3) is 12.9. The Labute approximate surface area is 300 Å². The number of ether oxygens (including phenoxy) is 5. The lowest BCUT2D eigenvalue weighted by molar-refractivity contribution is -0.276. The summed E-state index contributed by atoms with van der Waals surface area (Å²) in [6.45, 7) is 0.0680. The van der Waals surface area contributed by atoms with Crippen molar-refractivity contribution in [3.8, 4) is 0 Å². The maximum Gasteiger partial charge on any atom is 0.264 e. The summed E-state index contributed by atoms with van der Waals surface area (Å²) < 4.78 is 93.5. The lowest BCUT2D eigenvalue weighted by Crippen LogP contribution is -2.65. The molecule has 13 heteroatoms. The minimum absolute atomic E-state index is 0.0139. The van der Waals surface area contributed by atoms with Crippen molar-refractivity contribution in [1.29, 1.82) is 0 Å². The molecule has 4 aromatic carbocycles. The maximum absolute atomic E-state index is 12.9. The summed E-state index contributed by atoms with van der Waals surface area (Å²) in [4.78, 5) is 0. The molecule has 274 valence electrons. The van der Waals surface area contributed by atoms with Gasteiger partial charge in [-0.25, -0.2) is 0 Å². The van der Waals surface area contributed by atoms with E-state index in [4.69, 9.17) is 32.1 Å². The zero-order valence-electron chi connectivity index (χ0n) is 28.6. The second kappa shape index (κ2) is 18.8. The summed E-state index contributed by atoms with van der Waals surface area (Å²) in [5, 5.41) is 0. The number of rotatable bonds is 19. The van der Waals surface area contributed by atoms with Gasteiger partial charge in [0.15, 0.2) is 0 Å². The number of hydrogen-bond acceptors (Lipinski definition) is 11. The predicted molar refractivity (Wildman–Crippen MR) is 190 cm³/mol. The first-order valence-electron chi connectivity index (χ1n) is 16.5. The average molecular weight is 741 g/mol. The van der Waals surface area contributed by atoms with Crippen LogP contribution in [-0.2, 0) is 78.7 Å². The first-order valence-corrected chi connectivity index (χ1v) is 20.1. The van der Waals surface area contributed by atoms with Crippen LogP contribution in [-0.4, -0.2) is 79.2 Å². The van der Waals surface area contributed by atoms with Gasteiger partial charge in [-0.05, 0) is 22.3 Å². The Hall–Kier alpha value is -3.50. The van der Waals surface area contributed by atoms with E-state index in [1.54, 1.807) is 0 Å². The summed E-state index contributed by atoms with van der Waals surface area (Å²) in [6, 6.07) is 37.7. The van der Waals surface area contributed by atoms with E-state index in [1.165, 1.54) is 0 Å². The van der Waals surface area contributed by atoms with Gasteiger partial charge in [-0.2, -0.15) is 16.8 Å². The van der Waals surface area contributed by atoms with Gasteiger partial charge in [0.25, 0.3) is 20.2 Å². The maximum atomic E-state index is 12.9. The Morgan fingerprint density at radius 1 is 0.569 bits per heavy atom. The topological polar surface area (TPSA) is 133 Å². The summed E-state index contributed by atoms with van der Waals surface area (Å²) in [5.41, 5.74) is 3.43. The smallest absolute Gasteiger partial charge is 0.264 e. The molecule has 1 aliphatic rings. The van der Waals surface area contributed by atoms with Crippen LogP contribution in [0.1, 0.15) is 22.3 Å². The molecule has 0 amide bonds. The zero-order valence-corrected chi connectivity index (χ0v) is 30.2. The van der Waals surface area contributed by atoms with Gasteiger partial charge in [0.1, 0.15) is 36.6 Å². The van der Waals surface area contributed by atoms with Crippen LogP contribution in [0.4, 0.5) is 0 Å². The molecule has 0 spiro atoms. The molecule has 1 saturated heterocycles. The van der Waals surface area contributed by atoms with Crippen molar-refractivity contribution in [3.63, 3.8) is 0 Å². The molecule has 0 radical (unpaired) electrons. The van der Waals surface area contributed by atoms with E-state index < -0.39 is 63.5 Å². The first-order chi connectivity index (χ1) is 24.5. The molecule has 0 unspecified atom stereocenters. The van der Waals surface area contributed by atoms with Gasteiger partial charge in [-0.1, -0.05) is 121 Å². The van der Waals surface area contributed by atoms with E-state index >= 15 is 0 Å². The highest BCUT2D eigenvalue weighted by atomic mass is 32.2. The molecule has 5 rings (SSSR count). The Bertz CT molecular complexity index is 1810. The molecule has 51 heavy (non-hydrogen) atoms. The fraction of sp³-hybridized carbons (Fsp3) is 0.368. The Morgan fingerprint density at radius 2 is 1.02 bits per heavy atom. The molecule has 6 atom stereocenters. The van der Waals surface area contributed by atoms with Crippen molar-refractivity contribution in [3.05, 3.63) is 144 Å². The Kier molecular flexibility index (Phi) is 14.3. The van der Waals surface area contributed by atoms with Crippen molar-refractivity contribution < 1.29 is 48.9 Å². The van der Waals surface area contributed by atoms with Gasteiger partial charge in [-0.3, -0.25) is 8.37 Å². The summed E-state index contributed by atoms with van der Waals surface area (Å²) in [5.74, 6) is 0. The number of hydrogen-bond donors (Lipinski definition) is 0. The fourth-order valence-corrected chi connectivity index (χ4v) is 6.69. The minimum atomic E-state index is -4.14. The quantitative estimate of drug-likeness (QED) is 0.120. The van der Waals surface area contributed by atoms with E-state index in [0.717, 1.165) is 34.8 Å². The number of benzene rings is 4. The highest BCUT2D eigenvalue weighted by Gasteiger charge is 2.52. The van der Waals surface area contributed by atoms with E-state index in [2.05, 4.69) is 0 Å². The highest BCUT2D eigenvalue weighted by Crippen LogP contribution is 2.34. The van der Waals surface area contributed by atoms with Crippen molar-refractivity contribution in [1.82, 2.24) is 0 Å².